The number of aliphatic carboxylic acids is 1. The van der Waals surface area contributed by atoms with Crippen molar-refractivity contribution < 1.29 is 19.1 Å². The van der Waals surface area contributed by atoms with E-state index in [1.807, 2.05) is 0 Å². The molecule has 0 aromatic heterocycles. The summed E-state index contributed by atoms with van der Waals surface area (Å²) in [6.45, 7) is 3.54. The average molecular weight is 386 g/mol. The maximum Gasteiger partial charge on any atom is 0.319 e. The number of allylic oxidation sites excluding steroid dienone is 2. The van der Waals surface area contributed by atoms with Crippen molar-refractivity contribution in [2.75, 3.05) is 0 Å². The van der Waals surface area contributed by atoms with E-state index in [1.54, 1.807) is 36.4 Å². The van der Waals surface area contributed by atoms with Crippen molar-refractivity contribution in [2.24, 2.45) is 5.41 Å². The van der Waals surface area contributed by atoms with E-state index in [-0.39, 0.29) is 18.7 Å². The van der Waals surface area contributed by atoms with E-state index in [4.69, 9.17) is 11.6 Å². The Morgan fingerprint density at radius 2 is 2.00 bits per heavy atom. The van der Waals surface area contributed by atoms with Crippen molar-refractivity contribution in [2.45, 2.75) is 12.8 Å². The molecular weight excluding hydrogens is 369 g/mol. The van der Waals surface area contributed by atoms with Crippen molar-refractivity contribution in [3.63, 3.8) is 0 Å². The lowest BCUT2D eigenvalue weighted by Crippen LogP contribution is -2.38. The molecule has 0 saturated carbocycles. The number of carboxylic acids is 1. The van der Waals surface area contributed by atoms with E-state index in [1.165, 1.54) is 18.2 Å². The second-order valence-corrected chi connectivity index (χ2v) is 6.86. The van der Waals surface area contributed by atoms with Gasteiger partial charge in [0.1, 0.15) is 5.82 Å². The highest BCUT2D eigenvalue weighted by Crippen LogP contribution is 2.37. The number of hydrogen-bond acceptors (Lipinski definition) is 2. The number of carbonyl (C=O) groups is 2. The van der Waals surface area contributed by atoms with Crippen LogP contribution in [0.25, 0.3) is 17.2 Å². The number of rotatable bonds is 5. The summed E-state index contributed by atoms with van der Waals surface area (Å²) in [7, 11) is 0. The summed E-state index contributed by atoms with van der Waals surface area (Å²) in [5, 5.41) is 12.6. The third-order valence-corrected chi connectivity index (χ3v) is 4.83. The Labute approximate surface area is 161 Å². The first-order valence-corrected chi connectivity index (χ1v) is 8.65. The summed E-state index contributed by atoms with van der Waals surface area (Å²) in [4.78, 5) is 23.8. The van der Waals surface area contributed by atoms with Crippen LogP contribution >= 0.6 is 11.6 Å². The van der Waals surface area contributed by atoms with Gasteiger partial charge in [-0.05, 0) is 41.8 Å². The fourth-order valence-corrected chi connectivity index (χ4v) is 3.32. The molecule has 1 aliphatic rings. The van der Waals surface area contributed by atoms with Gasteiger partial charge in [0.25, 0.3) is 0 Å². The third-order valence-electron chi connectivity index (χ3n) is 4.59. The first-order chi connectivity index (χ1) is 12.9. The lowest BCUT2D eigenvalue weighted by atomic mass is 9.82. The maximum atomic E-state index is 14.0. The van der Waals surface area contributed by atoms with Gasteiger partial charge < -0.3 is 10.4 Å². The van der Waals surface area contributed by atoms with Gasteiger partial charge in [0, 0.05) is 22.7 Å². The summed E-state index contributed by atoms with van der Waals surface area (Å²) < 4.78 is 14.0. The van der Waals surface area contributed by atoms with Crippen LogP contribution in [0.5, 0.6) is 0 Å². The maximum absolute atomic E-state index is 14.0. The van der Waals surface area contributed by atoms with Gasteiger partial charge in [-0.25, -0.2) is 4.39 Å². The lowest BCUT2D eigenvalue weighted by molar-refractivity contribution is -0.153. The molecule has 1 heterocycles. The first-order valence-electron chi connectivity index (χ1n) is 8.27. The molecule has 4 nitrogen and oxygen atoms in total. The zero-order chi connectivity index (χ0) is 19.6. The van der Waals surface area contributed by atoms with Crippen LogP contribution in [0.2, 0.25) is 5.02 Å². The molecule has 0 aliphatic carbocycles. The molecule has 1 aliphatic heterocycles. The predicted molar refractivity (Wildman–Crippen MR) is 102 cm³/mol. The molecule has 2 aromatic rings. The normalized spacial score (nSPS) is 20.5. The van der Waals surface area contributed by atoms with Crippen LogP contribution in [0.4, 0.5) is 4.39 Å². The highest BCUT2D eigenvalue weighted by atomic mass is 35.5. The zero-order valence-electron chi connectivity index (χ0n) is 14.3. The van der Waals surface area contributed by atoms with Crippen molar-refractivity contribution in [3.05, 3.63) is 77.2 Å². The Bertz CT molecular complexity index is 952. The Morgan fingerprint density at radius 1 is 1.30 bits per heavy atom. The number of nitrogens with one attached hydrogen (secondary N) is 1. The second kappa shape index (κ2) is 7.37. The number of amides is 1. The van der Waals surface area contributed by atoms with E-state index in [0.717, 1.165) is 5.56 Å². The SMILES string of the molecule is C=CCC1(C(=O)O)C/C(=C/c2ccc(-c3cc(Cl)ccc3F)cc2)NC1=O. The van der Waals surface area contributed by atoms with Crippen LogP contribution in [-0.2, 0) is 9.59 Å². The molecule has 1 fully saturated rings. The van der Waals surface area contributed by atoms with Crippen LogP contribution in [0.15, 0.2) is 60.8 Å². The molecule has 6 heteroatoms. The summed E-state index contributed by atoms with van der Waals surface area (Å²) in [6.07, 6.45) is 3.27. The Morgan fingerprint density at radius 3 is 2.63 bits per heavy atom. The van der Waals surface area contributed by atoms with Crippen LogP contribution < -0.4 is 5.32 Å². The van der Waals surface area contributed by atoms with E-state index >= 15 is 0 Å². The van der Waals surface area contributed by atoms with Crippen LogP contribution in [0.1, 0.15) is 18.4 Å². The van der Waals surface area contributed by atoms with Gasteiger partial charge >= 0.3 is 5.97 Å². The zero-order valence-corrected chi connectivity index (χ0v) is 15.1. The molecule has 2 N–H and O–H groups in total. The molecule has 1 atom stereocenters. The number of carbonyl (C=O) groups excluding carboxylic acids is 1. The van der Waals surface area contributed by atoms with E-state index in [0.29, 0.717) is 21.8 Å². The topological polar surface area (TPSA) is 66.4 Å². The lowest BCUT2D eigenvalue weighted by Gasteiger charge is -2.17. The summed E-state index contributed by atoms with van der Waals surface area (Å²) in [5.74, 6) is -2.09. The van der Waals surface area contributed by atoms with E-state index < -0.39 is 17.3 Å². The van der Waals surface area contributed by atoms with Crippen LogP contribution in [0.3, 0.4) is 0 Å². The quantitative estimate of drug-likeness (QED) is 0.581. The van der Waals surface area contributed by atoms with Gasteiger partial charge in [-0.2, -0.15) is 0 Å². The Balaban J connectivity index is 1.86. The average Bonchev–Trinajstić information content (AvgIpc) is 2.94. The minimum Gasteiger partial charge on any atom is -0.480 e. The van der Waals surface area contributed by atoms with Gasteiger partial charge in [0.2, 0.25) is 5.91 Å². The summed E-state index contributed by atoms with van der Waals surface area (Å²) in [6, 6.07) is 11.4. The smallest absolute Gasteiger partial charge is 0.319 e. The van der Waals surface area contributed by atoms with Gasteiger partial charge in [-0.3, -0.25) is 9.59 Å². The second-order valence-electron chi connectivity index (χ2n) is 6.43. The minimum atomic E-state index is -1.52. The molecule has 0 radical (unpaired) electrons. The summed E-state index contributed by atoms with van der Waals surface area (Å²) in [5.41, 5.74) is 0.824. The van der Waals surface area contributed by atoms with Gasteiger partial charge in [-0.1, -0.05) is 41.9 Å². The number of hydrogen-bond donors (Lipinski definition) is 2. The molecule has 0 spiro atoms. The van der Waals surface area contributed by atoms with Crippen LogP contribution in [-0.4, -0.2) is 17.0 Å². The van der Waals surface area contributed by atoms with Gasteiger partial charge in [0.05, 0.1) is 0 Å². The van der Waals surface area contributed by atoms with Crippen molar-refractivity contribution >= 4 is 29.6 Å². The van der Waals surface area contributed by atoms with E-state index in [9.17, 15) is 19.1 Å². The molecular formula is C21H17ClFNO3. The van der Waals surface area contributed by atoms with Crippen molar-refractivity contribution in [1.82, 2.24) is 5.32 Å². The predicted octanol–water partition coefficient (Wildman–Crippen LogP) is 4.65. The number of halogens is 2. The first kappa shape index (κ1) is 18.9. The van der Waals surface area contributed by atoms with E-state index in [2.05, 4.69) is 11.9 Å². The summed E-state index contributed by atoms with van der Waals surface area (Å²) >= 11 is 5.93. The third kappa shape index (κ3) is 3.64. The highest BCUT2D eigenvalue weighted by Gasteiger charge is 2.50. The molecule has 138 valence electrons. The van der Waals surface area contributed by atoms with Crippen molar-refractivity contribution in [3.8, 4) is 11.1 Å². The number of carboxylic acid groups (broad SMARTS) is 1. The Hall–Kier alpha value is -2.92. The largest absolute Gasteiger partial charge is 0.480 e. The monoisotopic (exact) mass is 385 g/mol. The van der Waals surface area contributed by atoms with Crippen molar-refractivity contribution in [1.29, 1.82) is 0 Å². The molecule has 3 rings (SSSR count). The molecule has 2 aromatic carbocycles. The molecule has 27 heavy (non-hydrogen) atoms. The molecule has 1 unspecified atom stereocenters. The molecule has 1 amide bonds. The molecule has 0 bridgehead atoms. The fraction of sp³-hybridized carbons (Fsp3) is 0.143. The standard InChI is InChI=1S/C21H17ClFNO3/c1-2-9-21(20(26)27)12-16(24-19(21)25)10-13-3-5-14(6-4-13)17-11-15(22)7-8-18(17)23/h2-8,10-11H,1,9,12H2,(H,24,25)(H,26,27)/b16-10-. The van der Waals surface area contributed by atoms with Gasteiger partial charge in [-0.15, -0.1) is 6.58 Å². The highest BCUT2D eigenvalue weighted by molar-refractivity contribution is 6.30. The van der Waals surface area contributed by atoms with Gasteiger partial charge in [0.15, 0.2) is 5.41 Å². The fourth-order valence-electron chi connectivity index (χ4n) is 3.15. The number of benzene rings is 2. The molecule has 1 saturated heterocycles. The Kier molecular flexibility index (Phi) is 5.15. The minimum absolute atomic E-state index is 0.0541. The van der Waals surface area contributed by atoms with Crippen LogP contribution in [0, 0.1) is 11.2 Å².